The van der Waals surface area contributed by atoms with Crippen molar-refractivity contribution in [2.24, 2.45) is 5.92 Å². The Kier molecular flexibility index (Phi) is 7.72. The molecule has 7 nitrogen and oxygen atoms in total. The number of benzene rings is 1. The molecule has 0 radical (unpaired) electrons. The number of thiazole rings is 1. The highest BCUT2D eigenvalue weighted by atomic mass is 32.1. The highest BCUT2D eigenvalue weighted by Crippen LogP contribution is 2.32. The van der Waals surface area contributed by atoms with E-state index >= 15 is 0 Å². The molecule has 0 saturated carbocycles. The molecule has 1 saturated heterocycles. The van der Waals surface area contributed by atoms with Gasteiger partial charge in [-0.3, -0.25) is 4.79 Å². The highest BCUT2D eigenvalue weighted by molar-refractivity contribution is 7.16. The van der Waals surface area contributed by atoms with E-state index in [9.17, 15) is 31.5 Å². The van der Waals surface area contributed by atoms with Crippen LogP contribution >= 0.6 is 11.3 Å². The second-order valence-corrected chi connectivity index (χ2v) is 8.45. The van der Waals surface area contributed by atoms with Crippen LogP contribution in [0.5, 0.6) is 5.75 Å². The molecule has 0 unspecified atom stereocenters. The van der Waals surface area contributed by atoms with Crippen LogP contribution in [-0.2, 0) is 9.53 Å². The van der Waals surface area contributed by atoms with Gasteiger partial charge in [-0.25, -0.2) is 9.78 Å². The van der Waals surface area contributed by atoms with Crippen molar-refractivity contribution >= 4 is 28.5 Å². The number of carbonyl (C=O) groups excluding carboxylic acids is 2. The van der Waals surface area contributed by atoms with Gasteiger partial charge in [0.25, 0.3) is 0 Å². The third kappa shape index (κ3) is 7.01. The Morgan fingerprint density at radius 2 is 1.85 bits per heavy atom. The fourth-order valence-electron chi connectivity index (χ4n) is 3.28. The number of likely N-dealkylation sites (tertiary alicyclic amines) is 1. The summed E-state index contributed by atoms with van der Waals surface area (Å²) in [5.41, 5.74) is 1.25. The Balaban J connectivity index is 1.54. The van der Waals surface area contributed by atoms with Gasteiger partial charge < -0.3 is 19.7 Å². The van der Waals surface area contributed by atoms with Gasteiger partial charge in [0.1, 0.15) is 5.75 Å². The number of anilines is 1. The molecular weight excluding hydrogens is 473 g/mol. The average molecular weight is 493 g/mol. The number of aromatic nitrogens is 1. The van der Waals surface area contributed by atoms with Crippen molar-refractivity contribution in [1.29, 1.82) is 0 Å². The molecule has 0 spiro atoms. The fourth-order valence-corrected chi connectivity index (χ4v) is 4.12. The Hall–Kier alpha value is -2.96. The molecule has 33 heavy (non-hydrogen) atoms. The van der Waals surface area contributed by atoms with Crippen LogP contribution in [0.2, 0.25) is 0 Å². The maximum Gasteiger partial charge on any atom is 0.422 e. The number of halogens is 5. The summed E-state index contributed by atoms with van der Waals surface area (Å²) in [7, 11) is 0. The third-order valence-corrected chi connectivity index (χ3v) is 5.75. The van der Waals surface area contributed by atoms with Gasteiger partial charge in [0.2, 0.25) is 5.91 Å². The number of amides is 2. The molecule has 1 aliphatic rings. The second-order valence-electron chi connectivity index (χ2n) is 7.25. The molecule has 1 aromatic heterocycles. The molecule has 1 fully saturated rings. The van der Waals surface area contributed by atoms with Crippen LogP contribution in [0.25, 0.3) is 11.3 Å². The quantitative estimate of drug-likeness (QED) is 0.569. The Labute approximate surface area is 189 Å². The topological polar surface area (TPSA) is 80.8 Å². The number of rotatable bonds is 6. The molecule has 1 N–H and O–H groups in total. The van der Waals surface area contributed by atoms with E-state index in [4.69, 9.17) is 0 Å². The number of hydrogen-bond donors (Lipinski definition) is 1. The van der Waals surface area contributed by atoms with E-state index in [-0.39, 0.29) is 37.6 Å². The van der Waals surface area contributed by atoms with Gasteiger partial charge in [-0.1, -0.05) is 0 Å². The van der Waals surface area contributed by atoms with Crippen LogP contribution in [0.15, 0.2) is 24.3 Å². The monoisotopic (exact) mass is 493 g/mol. The molecule has 180 valence electrons. The first-order chi connectivity index (χ1) is 15.5. The lowest BCUT2D eigenvalue weighted by molar-refractivity contribution is -0.162. The first-order valence-corrected chi connectivity index (χ1v) is 10.7. The van der Waals surface area contributed by atoms with Crippen molar-refractivity contribution in [3.05, 3.63) is 29.1 Å². The summed E-state index contributed by atoms with van der Waals surface area (Å²) in [4.78, 5) is 30.6. The average Bonchev–Trinajstić information content (AvgIpc) is 3.11. The number of nitrogens with one attached hydrogen (secondary N) is 1. The van der Waals surface area contributed by atoms with Crippen LogP contribution in [0.1, 0.15) is 17.7 Å². The van der Waals surface area contributed by atoms with E-state index < -0.39 is 31.4 Å². The van der Waals surface area contributed by atoms with Crippen molar-refractivity contribution in [3.8, 4) is 17.0 Å². The van der Waals surface area contributed by atoms with Crippen LogP contribution < -0.4 is 10.1 Å². The molecule has 0 bridgehead atoms. The van der Waals surface area contributed by atoms with E-state index in [0.717, 1.165) is 9.78 Å². The first-order valence-electron chi connectivity index (χ1n) is 9.84. The van der Waals surface area contributed by atoms with Crippen molar-refractivity contribution in [1.82, 2.24) is 9.88 Å². The Morgan fingerprint density at radius 3 is 2.42 bits per heavy atom. The predicted molar refractivity (Wildman–Crippen MR) is 109 cm³/mol. The van der Waals surface area contributed by atoms with Gasteiger partial charge in [-0.2, -0.15) is 22.0 Å². The maximum atomic E-state index is 12.6. The lowest BCUT2D eigenvalue weighted by Gasteiger charge is -2.30. The zero-order valence-electron chi connectivity index (χ0n) is 17.3. The van der Waals surface area contributed by atoms with Gasteiger partial charge in [0.05, 0.1) is 5.69 Å². The van der Waals surface area contributed by atoms with Crippen molar-refractivity contribution in [2.45, 2.75) is 32.6 Å². The molecule has 0 aliphatic carbocycles. The zero-order valence-corrected chi connectivity index (χ0v) is 18.1. The van der Waals surface area contributed by atoms with Gasteiger partial charge in [-0.15, -0.1) is 11.3 Å². The largest absolute Gasteiger partial charge is 0.440 e. The highest BCUT2D eigenvalue weighted by Gasteiger charge is 2.33. The van der Waals surface area contributed by atoms with Gasteiger partial charge >= 0.3 is 18.9 Å². The zero-order chi connectivity index (χ0) is 24.2. The van der Waals surface area contributed by atoms with E-state index in [2.05, 4.69) is 19.8 Å². The molecule has 1 aliphatic heterocycles. The smallest absolute Gasteiger partial charge is 0.422 e. The summed E-state index contributed by atoms with van der Waals surface area (Å²) < 4.78 is 69.6. The van der Waals surface area contributed by atoms with Gasteiger partial charge in [0.15, 0.2) is 11.7 Å². The van der Waals surface area contributed by atoms with Crippen molar-refractivity contribution in [2.75, 3.05) is 25.0 Å². The summed E-state index contributed by atoms with van der Waals surface area (Å²) in [6, 6.07) is 5.95. The second kappa shape index (κ2) is 10.3. The van der Waals surface area contributed by atoms with Gasteiger partial charge in [-0.05, 0) is 44.0 Å². The summed E-state index contributed by atoms with van der Waals surface area (Å²) in [6.07, 6.45) is -5.11. The normalized spacial score (nSPS) is 14.9. The van der Waals surface area contributed by atoms with E-state index in [1.165, 1.54) is 23.5 Å². The number of nitrogens with zero attached hydrogens (tertiary/aromatic N) is 2. The minimum Gasteiger partial charge on any atom is -0.440 e. The SMILES string of the molecule is Cc1sc(NC(=O)C2CCN(C(=O)OCC(F)(F)F)CC2)nc1-c1ccc(OC(F)F)cc1. The fraction of sp³-hybridized carbons (Fsp3) is 0.450. The molecule has 2 aromatic rings. The minimum atomic E-state index is -4.60. The van der Waals surface area contributed by atoms with Crippen LogP contribution in [0, 0.1) is 12.8 Å². The molecule has 2 heterocycles. The Morgan fingerprint density at radius 1 is 1.21 bits per heavy atom. The minimum absolute atomic E-state index is 0.0174. The van der Waals surface area contributed by atoms with Crippen molar-refractivity contribution in [3.63, 3.8) is 0 Å². The number of ether oxygens (including phenoxy) is 2. The summed E-state index contributed by atoms with van der Waals surface area (Å²) in [5, 5.41) is 3.08. The molecular formula is C20H20F5N3O4S. The number of piperidine rings is 1. The number of aryl methyl sites for hydroxylation is 1. The lowest BCUT2D eigenvalue weighted by Crippen LogP contribution is -2.42. The van der Waals surface area contributed by atoms with Crippen molar-refractivity contribution < 1.29 is 41.0 Å². The van der Waals surface area contributed by atoms with E-state index in [0.29, 0.717) is 16.4 Å². The molecule has 1 aromatic carbocycles. The summed E-state index contributed by atoms with van der Waals surface area (Å²) in [6.45, 7) is -2.57. The predicted octanol–water partition coefficient (Wildman–Crippen LogP) is 5.07. The number of carbonyl (C=O) groups is 2. The molecule has 0 atom stereocenters. The number of hydrogen-bond acceptors (Lipinski definition) is 6. The summed E-state index contributed by atoms with van der Waals surface area (Å²) in [5.74, 6) is -0.724. The molecule has 2 amide bonds. The van der Waals surface area contributed by atoms with Crippen LogP contribution in [0.3, 0.4) is 0 Å². The van der Waals surface area contributed by atoms with Crippen LogP contribution in [0.4, 0.5) is 31.9 Å². The molecule has 3 rings (SSSR count). The standard InChI is InChI=1S/C20H20F5N3O4S/c1-11-15(12-2-4-14(5-3-12)32-17(21)22)26-18(33-11)27-16(29)13-6-8-28(9-7-13)19(30)31-10-20(23,24)25/h2-5,13,17H,6-10H2,1H3,(H,26,27,29). The van der Waals surface area contributed by atoms with Gasteiger partial charge in [0, 0.05) is 29.4 Å². The number of alkyl halides is 5. The Bertz CT molecular complexity index is 973. The summed E-state index contributed by atoms with van der Waals surface area (Å²) >= 11 is 1.25. The maximum absolute atomic E-state index is 12.6. The third-order valence-electron chi connectivity index (χ3n) is 4.86. The molecule has 13 heteroatoms. The van der Waals surface area contributed by atoms with E-state index in [1.807, 2.05) is 0 Å². The van der Waals surface area contributed by atoms with Crippen LogP contribution in [-0.4, -0.2) is 54.4 Å². The lowest BCUT2D eigenvalue weighted by atomic mass is 9.96. The first kappa shape index (κ1) is 24.7. The van der Waals surface area contributed by atoms with E-state index in [1.54, 1.807) is 19.1 Å².